The first-order chi connectivity index (χ1) is 19.1. The van der Waals surface area contributed by atoms with Gasteiger partial charge in [-0.2, -0.15) is 5.10 Å². The molecule has 2 aliphatic rings. The highest BCUT2D eigenvalue weighted by Gasteiger charge is 2.64. The van der Waals surface area contributed by atoms with Gasteiger partial charge in [0, 0.05) is 60.8 Å². The van der Waals surface area contributed by atoms with Gasteiger partial charge in [0.25, 0.3) is 0 Å². The Hall–Kier alpha value is -4.54. The smallest absolute Gasteiger partial charge is 0.245 e. The average Bonchev–Trinajstić information content (AvgIpc) is 3.29. The maximum absolute atomic E-state index is 13.8. The van der Waals surface area contributed by atoms with Crippen LogP contribution in [0, 0.1) is 19.3 Å². The summed E-state index contributed by atoms with van der Waals surface area (Å²) in [6, 6.07) is 3.34. The Kier molecular flexibility index (Phi) is 6.16. The van der Waals surface area contributed by atoms with Gasteiger partial charge in [-0.05, 0) is 55.4 Å². The number of Topliss-reactive ketones (excluding diaryl/α,β-unsaturated/α-hetero) is 1. The summed E-state index contributed by atoms with van der Waals surface area (Å²) in [6.45, 7) is 7.57. The second kappa shape index (κ2) is 9.58. The van der Waals surface area contributed by atoms with Crippen molar-refractivity contribution < 1.29 is 14.4 Å². The largest absolute Gasteiger partial charge is 0.350 e. The van der Waals surface area contributed by atoms with Gasteiger partial charge in [-0.25, -0.2) is 19.9 Å². The van der Waals surface area contributed by atoms with Crippen molar-refractivity contribution in [1.82, 2.24) is 39.9 Å². The van der Waals surface area contributed by atoms with Crippen molar-refractivity contribution in [2.45, 2.75) is 65.7 Å². The lowest BCUT2D eigenvalue weighted by atomic mass is 10.0. The van der Waals surface area contributed by atoms with E-state index in [0.29, 0.717) is 29.9 Å². The molecule has 40 heavy (non-hydrogen) atoms. The minimum absolute atomic E-state index is 0.0131. The van der Waals surface area contributed by atoms with Crippen LogP contribution in [0.25, 0.3) is 22.0 Å². The summed E-state index contributed by atoms with van der Waals surface area (Å²) >= 11 is 0. The zero-order chi connectivity index (χ0) is 28.2. The van der Waals surface area contributed by atoms with Crippen LogP contribution in [0.15, 0.2) is 43.2 Å². The van der Waals surface area contributed by atoms with Gasteiger partial charge in [0.15, 0.2) is 5.78 Å². The molecule has 1 aromatic carbocycles. The molecule has 0 spiro atoms. The van der Waals surface area contributed by atoms with Crippen LogP contribution in [0.5, 0.6) is 0 Å². The van der Waals surface area contributed by atoms with Gasteiger partial charge in [0.2, 0.25) is 11.8 Å². The van der Waals surface area contributed by atoms with E-state index >= 15 is 0 Å². The molecule has 3 aromatic heterocycles. The summed E-state index contributed by atoms with van der Waals surface area (Å²) in [4.78, 5) is 57.9. The van der Waals surface area contributed by atoms with Crippen LogP contribution < -0.4 is 5.32 Å². The number of aryl methyl sites for hydroxylation is 2. The molecule has 4 heterocycles. The summed E-state index contributed by atoms with van der Waals surface area (Å²) in [5.74, 6) is 0.101. The molecule has 11 nitrogen and oxygen atoms in total. The summed E-state index contributed by atoms with van der Waals surface area (Å²) in [5, 5.41) is 8.20. The molecule has 3 atom stereocenters. The van der Waals surface area contributed by atoms with Crippen LogP contribution in [0.1, 0.15) is 54.1 Å². The fourth-order valence-electron chi connectivity index (χ4n) is 5.91. The maximum Gasteiger partial charge on any atom is 0.245 e. The number of nitrogens with zero attached hydrogens (tertiary/aromatic N) is 7. The lowest BCUT2D eigenvalue weighted by molar-refractivity contribution is -0.140. The van der Waals surface area contributed by atoms with Crippen molar-refractivity contribution in [2.75, 3.05) is 0 Å². The standard InChI is InChI=1S/C29H30N8O3/c1-16-5-20(21-12-32-18(3)33-13-21)6-22-26(17(2)38)35-36(27(16)22)14-25(39)37-23(7-29(4)8-24(29)37)28(40)34-11-19-9-30-15-31-10-19/h5-6,9-10,12-13,15,23-24H,7-8,11,14H2,1-4H3,(H,34,40)/t23-,24+,29-/m0/s1. The van der Waals surface area contributed by atoms with Crippen LogP contribution in [-0.4, -0.2) is 64.3 Å². The summed E-state index contributed by atoms with van der Waals surface area (Å²) in [6.07, 6.45) is 9.72. The molecule has 4 aromatic rings. The number of carbonyl (C=O) groups excluding carboxylic acids is 3. The highest BCUT2D eigenvalue weighted by atomic mass is 16.2. The van der Waals surface area contributed by atoms with E-state index < -0.39 is 6.04 Å². The number of likely N-dealkylation sites (tertiary alicyclic amines) is 1. The molecule has 1 saturated carbocycles. The average molecular weight is 539 g/mol. The van der Waals surface area contributed by atoms with Gasteiger partial charge in [-0.1, -0.05) is 6.92 Å². The molecule has 2 amide bonds. The van der Waals surface area contributed by atoms with E-state index in [4.69, 9.17) is 0 Å². The zero-order valence-electron chi connectivity index (χ0n) is 22.9. The fraction of sp³-hybridized carbons (Fsp3) is 0.379. The molecule has 1 aliphatic carbocycles. The number of ketones is 1. The number of benzene rings is 1. The van der Waals surface area contributed by atoms with E-state index in [1.807, 2.05) is 26.0 Å². The van der Waals surface area contributed by atoms with Crippen molar-refractivity contribution in [3.05, 3.63) is 65.9 Å². The molecule has 2 fully saturated rings. The van der Waals surface area contributed by atoms with E-state index in [1.54, 1.807) is 34.4 Å². The second-order valence-electron chi connectivity index (χ2n) is 11.1. The van der Waals surface area contributed by atoms with Gasteiger partial charge in [-0.15, -0.1) is 0 Å². The predicted octanol–water partition coefficient (Wildman–Crippen LogP) is 2.80. The minimum Gasteiger partial charge on any atom is -0.350 e. The third kappa shape index (κ3) is 4.51. The lowest BCUT2D eigenvalue weighted by Crippen LogP contribution is -2.48. The highest BCUT2D eigenvalue weighted by Crippen LogP contribution is 2.59. The monoisotopic (exact) mass is 538 g/mol. The van der Waals surface area contributed by atoms with Gasteiger partial charge in [0.1, 0.15) is 30.4 Å². The number of aromatic nitrogens is 6. The summed E-state index contributed by atoms with van der Waals surface area (Å²) in [7, 11) is 0. The number of carbonyl (C=O) groups is 3. The number of hydrogen-bond donors (Lipinski definition) is 1. The molecule has 6 rings (SSSR count). The number of nitrogens with one attached hydrogen (secondary N) is 1. The molecule has 0 unspecified atom stereocenters. The zero-order valence-corrected chi connectivity index (χ0v) is 22.9. The van der Waals surface area contributed by atoms with Crippen molar-refractivity contribution in [3.8, 4) is 11.1 Å². The van der Waals surface area contributed by atoms with Gasteiger partial charge in [0.05, 0.1) is 5.52 Å². The molecule has 0 radical (unpaired) electrons. The Labute approximate surface area is 231 Å². The van der Waals surface area contributed by atoms with E-state index in [2.05, 4.69) is 37.3 Å². The van der Waals surface area contributed by atoms with E-state index in [9.17, 15) is 14.4 Å². The lowest BCUT2D eigenvalue weighted by Gasteiger charge is -2.27. The van der Waals surface area contributed by atoms with Crippen LogP contribution in [0.3, 0.4) is 0 Å². The first-order valence-electron chi connectivity index (χ1n) is 13.3. The molecular weight excluding hydrogens is 508 g/mol. The van der Waals surface area contributed by atoms with E-state index in [1.165, 1.54) is 13.3 Å². The Morgan fingerprint density at radius 2 is 1.75 bits per heavy atom. The third-order valence-corrected chi connectivity index (χ3v) is 8.07. The first-order valence-corrected chi connectivity index (χ1v) is 13.3. The molecule has 204 valence electrons. The summed E-state index contributed by atoms with van der Waals surface area (Å²) in [5.41, 5.74) is 4.32. The topological polar surface area (TPSA) is 136 Å². The van der Waals surface area contributed by atoms with Gasteiger partial charge in [-0.3, -0.25) is 19.1 Å². The molecule has 11 heteroatoms. The summed E-state index contributed by atoms with van der Waals surface area (Å²) < 4.78 is 1.60. The van der Waals surface area contributed by atoms with E-state index in [0.717, 1.165) is 34.2 Å². The van der Waals surface area contributed by atoms with Crippen LogP contribution >= 0.6 is 0 Å². The fourth-order valence-corrected chi connectivity index (χ4v) is 5.91. The molecule has 1 N–H and O–H groups in total. The number of hydrogen-bond acceptors (Lipinski definition) is 8. The molecule has 1 aliphatic heterocycles. The predicted molar refractivity (Wildman–Crippen MR) is 146 cm³/mol. The minimum atomic E-state index is -0.566. The Balaban J connectivity index is 1.29. The molecule has 0 bridgehead atoms. The van der Waals surface area contributed by atoms with Crippen molar-refractivity contribution in [3.63, 3.8) is 0 Å². The Morgan fingerprint density at radius 3 is 2.45 bits per heavy atom. The first kappa shape index (κ1) is 25.7. The maximum atomic E-state index is 13.8. The number of amides is 2. The van der Waals surface area contributed by atoms with Crippen LogP contribution in [-0.2, 0) is 22.7 Å². The van der Waals surface area contributed by atoms with Crippen LogP contribution in [0.2, 0.25) is 0 Å². The quantitative estimate of drug-likeness (QED) is 0.355. The SMILES string of the molecule is CC(=O)c1nn(CC(=O)N2[C@H](C(=O)NCc3cncnc3)C[C@@]3(C)C[C@@H]23)c2c(C)cc(-c3cnc(C)nc3)cc12. The van der Waals surface area contributed by atoms with Crippen LogP contribution in [0.4, 0.5) is 0 Å². The van der Waals surface area contributed by atoms with Crippen molar-refractivity contribution >= 4 is 28.5 Å². The van der Waals surface area contributed by atoms with Crippen molar-refractivity contribution in [2.24, 2.45) is 5.41 Å². The Bertz CT molecular complexity index is 1650. The third-order valence-electron chi connectivity index (χ3n) is 8.07. The van der Waals surface area contributed by atoms with Gasteiger partial charge < -0.3 is 10.2 Å². The number of rotatable bonds is 7. The molecular formula is C29H30N8O3. The van der Waals surface area contributed by atoms with E-state index in [-0.39, 0.29) is 35.6 Å². The normalized spacial score (nSPS) is 21.4. The second-order valence-corrected chi connectivity index (χ2v) is 11.1. The number of fused-ring (bicyclic) bond motifs is 2. The number of piperidine rings is 1. The highest BCUT2D eigenvalue weighted by molar-refractivity contribution is 6.07. The Morgan fingerprint density at radius 1 is 1.02 bits per heavy atom. The molecule has 1 saturated heterocycles. The van der Waals surface area contributed by atoms with Crippen molar-refractivity contribution in [1.29, 1.82) is 0 Å². The van der Waals surface area contributed by atoms with Gasteiger partial charge >= 0.3 is 0 Å².